The number of nitro benzene ring substituents is 1. The highest BCUT2D eigenvalue weighted by molar-refractivity contribution is 14.1. The summed E-state index contributed by atoms with van der Waals surface area (Å²) in [5, 5.41) is 6.14. The number of rotatable bonds is 10. The number of ether oxygens (including phenoxy) is 3. The first-order valence-corrected chi connectivity index (χ1v) is 14.0. The second-order valence-electron chi connectivity index (χ2n) is 6.70. The molecule has 0 aliphatic rings. The van der Waals surface area contributed by atoms with Crippen molar-refractivity contribution in [1.82, 2.24) is 0 Å². The Balaban J connectivity index is 2.12. The number of nitro groups is 1. The van der Waals surface area contributed by atoms with Crippen molar-refractivity contribution in [2.45, 2.75) is 5.25 Å². The largest absolute Gasteiger partial charge is 0.458 e. The number of hydrogen-bond acceptors (Lipinski definition) is 10. The van der Waals surface area contributed by atoms with Crippen LogP contribution in [-0.4, -0.2) is 60.9 Å². The summed E-state index contributed by atoms with van der Waals surface area (Å²) < 4.78 is 73.0. The summed E-state index contributed by atoms with van der Waals surface area (Å²) in [6.45, 7) is -3.04. The zero-order chi connectivity index (χ0) is 28.1. The SMILES string of the molecule is O=C(OCCOC(=O)c1cc(I)cc(I)c1I)c1ccc([N+](=O)[O-])cc1C(=O)OCC(F)(F)S(=O)(=O)O. The van der Waals surface area contributed by atoms with Crippen LogP contribution in [0.1, 0.15) is 31.1 Å². The van der Waals surface area contributed by atoms with Gasteiger partial charge in [0.25, 0.3) is 5.69 Å². The van der Waals surface area contributed by atoms with Crippen LogP contribution in [0.2, 0.25) is 0 Å². The Morgan fingerprint density at radius 1 is 0.919 bits per heavy atom. The molecule has 18 heteroatoms. The van der Waals surface area contributed by atoms with E-state index in [-0.39, 0.29) is 5.56 Å². The van der Waals surface area contributed by atoms with Gasteiger partial charge in [0, 0.05) is 22.8 Å². The second kappa shape index (κ2) is 12.8. The fraction of sp³-hybridized carbons (Fsp3) is 0.211. The lowest BCUT2D eigenvalue weighted by molar-refractivity contribution is -0.384. The van der Waals surface area contributed by atoms with Crippen LogP contribution >= 0.6 is 67.8 Å². The van der Waals surface area contributed by atoms with Crippen molar-refractivity contribution in [2.24, 2.45) is 0 Å². The van der Waals surface area contributed by atoms with Crippen molar-refractivity contribution in [2.75, 3.05) is 19.8 Å². The molecule has 0 bridgehead atoms. The third kappa shape index (κ3) is 8.35. The van der Waals surface area contributed by atoms with Gasteiger partial charge in [-0.25, -0.2) is 14.4 Å². The third-order valence-corrected chi connectivity index (χ3v) is 8.71. The smallest absolute Gasteiger partial charge is 0.402 e. The van der Waals surface area contributed by atoms with Crippen molar-refractivity contribution in [3.63, 3.8) is 0 Å². The van der Waals surface area contributed by atoms with E-state index < -0.39 is 74.8 Å². The molecule has 0 aromatic heterocycles. The number of carbonyl (C=O) groups excluding carboxylic acids is 3. The van der Waals surface area contributed by atoms with Crippen LogP contribution in [0, 0.1) is 20.8 Å². The number of hydrogen-bond donors (Lipinski definition) is 1. The summed E-state index contributed by atoms with van der Waals surface area (Å²) in [6.07, 6.45) is 0. The van der Waals surface area contributed by atoms with Crippen LogP contribution in [-0.2, 0) is 24.3 Å². The standard InChI is InChI=1S/C19H12F2I3NO11S/c20-19(21,37(31,32)33)8-36-17(27)12-7-10(25(29)30)1-2-11(12)16(26)34-3-4-35-18(28)13-5-9(22)6-14(23)15(13)24/h1-2,5-7H,3-4,8H2,(H,31,32,33). The lowest BCUT2D eigenvalue weighted by atomic mass is 10.1. The molecule has 0 aliphatic heterocycles. The van der Waals surface area contributed by atoms with E-state index in [1.165, 1.54) is 0 Å². The molecule has 0 saturated heterocycles. The monoisotopic (exact) mass is 881 g/mol. The van der Waals surface area contributed by atoms with E-state index >= 15 is 0 Å². The van der Waals surface area contributed by atoms with Gasteiger partial charge in [-0.1, -0.05) is 0 Å². The van der Waals surface area contributed by atoms with E-state index in [0.717, 1.165) is 19.3 Å². The Morgan fingerprint density at radius 3 is 2.00 bits per heavy atom. The number of esters is 3. The zero-order valence-corrected chi connectivity index (χ0v) is 25.1. The van der Waals surface area contributed by atoms with Crippen molar-refractivity contribution in [3.05, 3.63) is 67.8 Å². The fourth-order valence-electron chi connectivity index (χ4n) is 2.42. The Morgan fingerprint density at radius 2 is 1.46 bits per heavy atom. The highest BCUT2D eigenvalue weighted by atomic mass is 127. The van der Waals surface area contributed by atoms with Gasteiger partial charge in [0.2, 0.25) is 0 Å². The van der Waals surface area contributed by atoms with E-state index in [4.69, 9.17) is 14.0 Å². The minimum atomic E-state index is -5.93. The molecule has 0 spiro atoms. The first kappa shape index (κ1) is 31.4. The highest BCUT2D eigenvalue weighted by Crippen LogP contribution is 2.25. The van der Waals surface area contributed by atoms with Gasteiger partial charge in [-0.05, 0) is 86.0 Å². The maximum absolute atomic E-state index is 13.4. The molecule has 0 radical (unpaired) electrons. The van der Waals surface area contributed by atoms with Crippen molar-refractivity contribution in [3.8, 4) is 0 Å². The first-order chi connectivity index (χ1) is 17.0. The molecule has 0 unspecified atom stereocenters. The fourth-order valence-corrected chi connectivity index (χ4v) is 5.01. The van der Waals surface area contributed by atoms with E-state index in [2.05, 4.69) is 4.74 Å². The van der Waals surface area contributed by atoms with Crippen LogP contribution in [0.15, 0.2) is 30.3 Å². The van der Waals surface area contributed by atoms with Gasteiger partial charge in [0.15, 0.2) is 6.61 Å². The Hall–Kier alpha value is -1.79. The lowest BCUT2D eigenvalue weighted by Crippen LogP contribution is -2.34. The van der Waals surface area contributed by atoms with Gasteiger partial charge >= 0.3 is 33.3 Å². The zero-order valence-electron chi connectivity index (χ0n) is 17.8. The molecule has 0 aliphatic carbocycles. The Labute approximate surface area is 247 Å². The number of alkyl halides is 2. The summed E-state index contributed by atoms with van der Waals surface area (Å²) in [5.41, 5.74) is -1.96. The van der Waals surface area contributed by atoms with E-state index in [1.54, 1.807) is 6.07 Å². The van der Waals surface area contributed by atoms with Gasteiger partial charge in [-0.15, -0.1) is 0 Å². The molecule has 2 aromatic rings. The van der Waals surface area contributed by atoms with E-state index in [1.807, 2.05) is 73.8 Å². The molecule has 0 saturated carbocycles. The molecule has 37 heavy (non-hydrogen) atoms. The Bertz CT molecular complexity index is 1370. The molecule has 1 N–H and O–H groups in total. The molecular formula is C19H12F2I3NO11S. The highest BCUT2D eigenvalue weighted by Gasteiger charge is 2.46. The summed E-state index contributed by atoms with van der Waals surface area (Å²) in [7, 11) is -5.93. The Kier molecular flexibility index (Phi) is 10.9. The predicted molar refractivity (Wildman–Crippen MR) is 145 cm³/mol. The summed E-state index contributed by atoms with van der Waals surface area (Å²) >= 11 is 6.03. The maximum atomic E-state index is 13.4. The first-order valence-electron chi connectivity index (χ1n) is 9.34. The number of halogens is 5. The topological polar surface area (TPSA) is 176 Å². The van der Waals surface area contributed by atoms with Gasteiger partial charge in [-0.2, -0.15) is 17.2 Å². The van der Waals surface area contributed by atoms with Crippen molar-refractivity contribution < 1.29 is 55.3 Å². The van der Waals surface area contributed by atoms with Gasteiger partial charge in [-0.3, -0.25) is 14.7 Å². The second-order valence-corrected chi connectivity index (χ2v) is 11.7. The van der Waals surface area contributed by atoms with Gasteiger partial charge < -0.3 is 14.2 Å². The minimum absolute atomic E-state index is 0.283. The molecule has 0 amide bonds. The summed E-state index contributed by atoms with van der Waals surface area (Å²) in [4.78, 5) is 47.1. The van der Waals surface area contributed by atoms with Crippen LogP contribution in [0.4, 0.5) is 14.5 Å². The number of non-ortho nitro benzene ring substituents is 1. The maximum Gasteiger partial charge on any atom is 0.402 e. The average Bonchev–Trinajstić information content (AvgIpc) is 2.81. The predicted octanol–water partition coefficient (Wildman–Crippen LogP) is 4.06. The lowest BCUT2D eigenvalue weighted by Gasteiger charge is -2.14. The minimum Gasteiger partial charge on any atom is -0.458 e. The molecule has 0 fully saturated rings. The van der Waals surface area contributed by atoms with Crippen molar-refractivity contribution in [1.29, 1.82) is 0 Å². The molecule has 12 nitrogen and oxygen atoms in total. The molecule has 2 aromatic carbocycles. The van der Waals surface area contributed by atoms with Crippen LogP contribution in [0.3, 0.4) is 0 Å². The normalized spacial score (nSPS) is 11.5. The summed E-state index contributed by atoms with van der Waals surface area (Å²) in [5.74, 6) is -3.68. The molecule has 0 heterocycles. The number of carbonyl (C=O) groups is 3. The quantitative estimate of drug-likeness (QED) is 0.0533. The number of benzene rings is 2. The van der Waals surface area contributed by atoms with Crippen molar-refractivity contribution >= 4 is 101 Å². The van der Waals surface area contributed by atoms with Crippen LogP contribution in [0.25, 0.3) is 0 Å². The van der Waals surface area contributed by atoms with Crippen LogP contribution < -0.4 is 0 Å². The average molecular weight is 881 g/mol. The molecule has 200 valence electrons. The molecule has 0 atom stereocenters. The number of nitrogens with zero attached hydrogens (tertiary/aromatic N) is 1. The van der Waals surface area contributed by atoms with Gasteiger partial charge in [0.1, 0.15) is 13.2 Å². The summed E-state index contributed by atoms with van der Waals surface area (Å²) in [6, 6.07) is 5.59. The van der Waals surface area contributed by atoms with E-state index in [9.17, 15) is 41.7 Å². The van der Waals surface area contributed by atoms with Crippen LogP contribution in [0.5, 0.6) is 0 Å². The van der Waals surface area contributed by atoms with Gasteiger partial charge in [0.05, 0.1) is 21.6 Å². The van der Waals surface area contributed by atoms with E-state index in [0.29, 0.717) is 9.64 Å². The molecular weight excluding hydrogens is 869 g/mol. The molecule has 2 rings (SSSR count). The third-order valence-electron chi connectivity index (χ3n) is 4.17.